The third-order valence-electron chi connectivity index (χ3n) is 5.79. The van der Waals surface area contributed by atoms with E-state index in [-0.39, 0.29) is 31.2 Å². The Bertz CT molecular complexity index is 838. The van der Waals surface area contributed by atoms with Crippen molar-refractivity contribution in [1.82, 2.24) is 15.5 Å². The fraction of sp³-hybridized carbons (Fsp3) is 0.500. The summed E-state index contributed by atoms with van der Waals surface area (Å²) in [4.78, 5) is 50.4. The van der Waals surface area contributed by atoms with Crippen LogP contribution in [0.25, 0.3) is 0 Å². The highest BCUT2D eigenvalue weighted by molar-refractivity contribution is 6.25. The summed E-state index contributed by atoms with van der Waals surface area (Å²) in [6.07, 6.45) is 3.58. The number of benzene rings is 1. The van der Waals surface area contributed by atoms with E-state index in [0.717, 1.165) is 43.8 Å². The zero-order valence-corrected chi connectivity index (χ0v) is 16.8. The molecule has 0 saturated carbocycles. The number of hydrogen-bond donors (Lipinski definition) is 3. The van der Waals surface area contributed by atoms with Crippen molar-refractivity contribution < 1.29 is 19.2 Å². The topological polar surface area (TPSA) is 108 Å². The summed E-state index contributed by atoms with van der Waals surface area (Å²) in [6, 6.07) is 4.21. The Labute approximate surface area is 175 Å². The van der Waals surface area contributed by atoms with E-state index in [1.807, 2.05) is 0 Å². The minimum absolute atomic E-state index is 0. The average molecular weight is 421 g/mol. The predicted molar refractivity (Wildman–Crippen MR) is 109 cm³/mol. The highest BCUT2D eigenvalue weighted by atomic mass is 35.5. The van der Waals surface area contributed by atoms with Gasteiger partial charge in [0.1, 0.15) is 6.04 Å². The number of rotatable bonds is 5. The van der Waals surface area contributed by atoms with Crippen LogP contribution in [0.15, 0.2) is 18.2 Å². The van der Waals surface area contributed by atoms with Gasteiger partial charge in [0.05, 0.1) is 11.1 Å². The molecule has 3 heterocycles. The van der Waals surface area contributed by atoms with Crippen LogP contribution < -0.4 is 16.0 Å². The number of amides is 4. The Morgan fingerprint density at radius 2 is 1.79 bits per heavy atom. The molecule has 29 heavy (non-hydrogen) atoms. The molecule has 1 aromatic carbocycles. The normalized spacial score (nSPS) is 22.2. The first kappa shape index (κ1) is 21.3. The van der Waals surface area contributed by atoms with Crippen LogP contribution in [-0.4, -0.2) is 54.2 Å². The quantitative estimate of drug-likeness (QED) is 0.620. The molecule has 0 aromatic heterocycles. The summed E-state index contributed by atoms with van der Waals surface area (Å²) >= 11 is 0. The number of halogens is 1. The maximum atomic E-state index is 13.0. The number of imide groups is 2. The van der Waals surface area contributed by atoms with Crippen molar-refractivity contribution in [2.45, 2.75) is 38.1 Å². The molecule has 3 N–H and O–H groups in total. The highest BCUT2D eigenvalue weighted by Crippen LogP contribution is 2.32. The van der Waals surface area contributed by atoms with Crippen LogP contribution in [0, 0.1) is 5.92 Å². The summed E-state index contributed by atoms with van der Waals surface area (Å²) in [5.74, 6) is -1.26. The van der Waals surface area contributed by atoms with Crippen LogP contribution in [0.1, 0.15) is 52.8 Å². The summed E-state index contributed by atoms with van der Waals surface area (Å²) in [5, 5.41) is 8.87. The molecule has 1 aromatic rings. The lowest BCUT2D eigenvalue weighted by molar-refractivity contribution is -0.136. The average Bonchev–Trinajstić information content (AvgIpc) is 2.94. The number of anilines is 1. The maximum absolute atomic E-state index is 13.0. The van der Waals surface area contributed by atoms with Gasteiger partial charge in [-0.3, -0.25) is 29.4 Å². The van der Waals surface area contributed by atoms with Crippen LogP contribution in [0.3, 0.4) is 0 Å². The largest absolute Gasteiger partial charge is 0.384 e. The van der Waals surface area contributed by atoms with Crippen molar-refractivity contribution in [2.75, 3.05) is 25.0 Å². The van der Waals surface area contributed by atoms with Crippen molar-refractivity contribution in [3.05, 3.63) is 29.3 Å². The smallest absolute Gasteiger partial charge is 0.264 e. The van der Waals surface area contributed by atoms with E-state index in [4.69, 9.17) is 0 Å². The fourth-order valence-electron chi connectivity index (χ4n) is 4.24. The zero-order valence-electron chi connectivity index (χ0n) is 16.0. The monoisotopic (exact) mass is 420 g/mol. The van der Waals surface area contributed by atoms with E-state index in [1.165, 1.54) is 0 Å². The van der Waals surface area contributed by atoms with Crippen molar-refractivity contribution in [2.24, 2.45) is 5.92 Å². The third-order valence-corrected chi connectivity index (χ3v) is 5.79. The predicted octanol–water partition coefficient (Wildman–Crippen LogP) is 1.31. The molecule has 2 saturated heterocycles. The summed E-state index contributed by atoms with van der Waals surface area (Å²) in [5.41, 5.74) is 1.25. The number of piperidine rings is 2. The molecule has 0 spiro atoms. The van der Waals surface area contributed by atoms with Gasteiger partial charge in [-0.25, -0.2) is 0 Å². The van der Waals surface area contributed by atoms with Gasteiger partial charge < -0.3 is 10.6 Å². The first-order valence-electron chi connectivity index (χ1n) is 9.85. The SMILES string of the molecule is Cl.O=C1CCC(N2C(=O)c3cccc(NCCC4CCNCC4)c3C2=O)C(=O)N1. The van der Waals surface area contributed by atoms with E-state index in [9.17, 15) is 19.2 Å². The number of carbonyl (C=O) groups excluding carboxylic acids is 4. The van der Waals surface area contributed by atoms with Crippen LogP contribution in [0.4, 0.5) is 5.69 Å². The number of nitrogens with one attached hydrogen (secondary N) is 3. The molecule has 0 aliphatic carbocycles. The Balaban J connectivity index is 0.00000240. The van der Waals surface area contributed by atoms with Crippen LogP contribution in [0.5, 0.6) is 0 Å². The van der Waals surface area contributed by atoms with Crippen molar-refractivity contribution in [3.63, 3.8) is 0 Å². The molecule has 3 aliphatic rings. The van der Waals surface area contributed by atoms with Gasteiger partial charge in [0.2, 0.25) is 11.8 Å². The molecule has 9 heteroatoms. The van der Waals surface area contributed by atoms with Gasteiger partial charge in [-0.05, 0) is 56.8 Å². The summed E-state index contributed by atoms with van der Waals surface area (Å²) in [6.45, 7) is 2.81. The van der Waals surface area contributed by atoms with Gasteiger partial charge in [0.15, 0.2) is 0 Å². The van der Waals surface area contributed by atoms with E-state index in [0.29, 0.717) is 22.7 Å². The Morgan fingerprint density at radius 1 is 1.03 bits per heavy atom. The minimum atomic E-state index is -0.937. The molecule has 1 atom stereocenters. The third kappa shape index (κ3) is 4.13. The first-order chi connectivity index (χ1) is 13.6. The lowest BCUT2D eigenvalue weighted by Crippen LogP contribution is -2.54. The highest BCUT2D eigenvalue weighted by Gasteiger charge is 2.45. The fourth-order valence-corrected chi connectivity index (χ4v) is 4.24. The molecule has 8 nitrogen and oxygen atoms in total. The lowest BCUT2D eigenvalue weighted by Gasteiger charge is -2.27. The van der Waals surface area contributed by atoms with Gasteiger partial charge in [0, 0.05) is 18.7 Å². The van der Waals surface area contributed by atoms with Gasteiger partial charge in [-0.15, -0.1) is 12.4 Å². The van der Waals surface area contributed by atoms with Crippen LogP contribution in [-0.2, 0) is 9.59 Å². The van der Waals surface area contributed by atoms with Crippen molar-refractivity contribution >= 4 is 41.7 Å². The van der Waals surface area contributed by atoms with Crippen molar-refractivity contribution in [1.29, 1.82) is 0 Å². The maximum Gasteiger partial charge on any atom is 0.264 e. The van der Waals surface area contributed by atoms with Crippen LogP contribution in [0.2, 0.25) is 0 Å². The molecule has 4 amide bonds. The molecule has 3 aliphatic heterocycles. The molecule has 156 valence electrons. The summed E-state index contributed by atoms with van der Waals surface area (Å²) in [7, 11) is 0. The Hall–Kier alpha value is -2.45. The van der Waals surface area contributed by atoms with E-state index in [2.05, 4.69) is 16.0 Å². The van der Waals surface area contributed by atoms with Gasteiger partial charge >= 0.3 is 0 Å². The Kier molecular flexibility index (Phi) is 6.54. The van der Waals surface area contributed by atoms with Gasteiger partial charge in [-0.2, -0.15) is 0 Å². The van der Waals surface area contributed by atoms with E-state index < -0.39 is 23.8 Å². The van der Waals surface area contributed by atoms with Gasteiger partial charge in [-0.1, -0.05) is 6.07 Å². The number of nitrogens with zero attached hydrogens (tertiary/aromatic N) is 1. The molecular weight excluding hydrogens is 396 g/mol. The second kappa shape index (κ2) is 8.92. The standard InChI is InChI=1S/C20H24N4O4.ClH/c25-16-5-4-15(18(26)23-16)24-19(27)13-2-1-3-14(17(13)20(24)28)22-11-8-12-6-9-21-10-7-12;/h1-3,12,15,21-22H,4-11H2,(H,23,25,26);1H. The number of hydrogen-bond acceptors (Lipinski definition) is 6. The number of carbonyl (C=O) groups is 4. The Morgan fingerprint density at radius 3 is 2.52 bits per heavy atom. The summed E-state index contributed by atoms with van der Waals surface area (Å²) < 4.78 is 0. The first-order valence-corrected chi connectivity index (χ1v) is 9.85. The molecule has 2 fully saturated rings. The lowest BCUT2D eigenvalue weighted by atomic mass is 9.94. The zero-order chi connectivity index (χ0) is 19.7. The molecule has 0 radical (unpaired) electrons. The minimum Gasteiger partial charge on any atom is -0.384 e. The number of fused-ring (bicyclic) bond motifs is 1. The molecule has 0 bridgehead atoms. The van der Waals surface area contributed by atoms with E-state index in [1.54, 1.807) is 18.2 Å². The second-order valence-electron chi connectivity index (χ2n) is 7.58. The van der Waals surface area contributed by atoms with Crippen molar-refractivity contribution in [3.8, 4) is 0 Å². The van der Waals surface area contributed by atoms with Crippen LogP contribution >= 0.6 is 12.4 Å². The molecular formula is C20H25ClN4O4. The second-order valence-corrected chi connectivity index (χ2v) is 7.58. The van der Waals surface area contributed by atoms with E-state index >= 15 is 0 Å². The molecule has 1 unspecified atom stereocenters. The molecule has 4 rings (SSSR count). The van der Waals surface area contributed by atoms with Gasteiger partial charge in [0.25, 0.3) is 11.8 Å².